The molecule has 1 heterocycles. The maximum Gasteiger partial charge on any atom is 0.308 e. The van der Waals surface area contributed by atoms with Gasteiger partial charge in [-0.15, -0.1) is 0 Å². The third-order valence-corrected chi connectivity index (χ3v) is 4.75. The highest BCUT2D eigenvalue weighted by atomic mass is 16.5. The number of carbonyl (C=O) groups excluding carboxylic acids is 4. The van der Waals surface area contributed by atoms with Crippen molar-refractivity contribution in [1.29, 1.82) is 0 Å². The molecule has 2 amide bonds. The number of hydrogen-bond donors (Lipinski definition) is 0. The molecule has 0 aliphatic carbocycles. The van der Waals surface area contributed by atoms with Crippen molar-refractivity contribution in [3.8, 4) is 11.5 Å². The van der Waals surface area contributed by atoms with Crippen molar-refractivity contribution in [3.63, 3.8) is 0 Å². The molecule has 0 unspecified atom stereocenters. The molecule has 2 aromatic carbocycles. The Labute approximate surface area is 173 Å². The van der Waals surface area contributed by atoms with E-state index in [0.717, 1.165) is 4.90 Å². The molecular formula is C22H21NO7. The number of esters is 1. The van der Waals surface area contributed by atoms with Gasteiger partial charge in [0.05, 0.1) is 32.6 Å². The predicted molar refractivity (Wildman–Crippen MR) is 106 cm³/mol. The van der Waals surface area contributed by atoms with E-state index in [9.17, 15) is 19.2 Å². The van der Waals surface area contributed by atoms with Crippen molar-refractivity contribution in [1.82, 2.24) is 4.90 Å². The lowest BCUT2D eigenvalue weighted by molar-refractivity contribution is -0.143. The summed E-state index contributed by atoms with van der Waals surface area (Å²) >= 11 is 0. The Morgan fingerprint density at radius 3 is 2.53 bits per heavy atom. The van der Waals surface area contributed by atoms with Crippen LogP contribution < -0.4 is 9.47 Å². The zero-order chi connectivity index (χ0) is 21.7. The molecule has 1 aliphatic heterocycles. The van der Waals surface area contributed by atoms with E-state index in [1.165, 1.54) is 20.3 Å². The van der Waals surface area contributed by atoms with Gasteiger partial charge < -0.3 is 14.2 Å². The first-order valence-corrected chi connectivity index (χ1v) is 9.28. The first-order chi connectivity index (χ1) is 14.4. The largest absolute Gasteiger partial charge is 0.497 e. The van der Waals surface area contributed by atoms with E-state index in [2.05, 4.69) is 0 Å². The van der Waals surface area contributed by atoms with Gasteiger partial charge in [-0.05, 0) is 23.8 Å². The molecule has 0 N–H and O–H groups in total. The summed E-state index contributed by atoms with van der Waals surface area (Å²) in [5, 5.41) is 0. The number of Topliss-reactive ketones (excluding diaryl/α,β-unsaturated/α-hetero) is 1. The van der Waals surface area contributed by atoms with Gasteiger partial charge in [0.15, 0.2) is 6.61 Å². The molecule has 1 aliphatic rings. The highest BCUT2D eigenvalue weighted by molar-refractivity contribution is 6.09. The number of rotatable bonds is 8. The average molecular weight is 411 g/mol. The van der Waals surface area contributed by atoms with E-state index in [-0.39, 0.29) is 30.9 Å². The number of carbonyl (C=O) groups is 4. The quantitative estimate of drug-likeness (QED) is 0.372. The Morgan fingerprint density at radius 1 is 1.03 bits per heavy atom. The molecule has 156 valence electrons. The number of fused-ring (bicyclic) bond motifs is 1. The number of imide groups is 1. The molecule has 3 rings (SSSR count). The third-order valence-electron chi connectivity index (χ3n) is 4.75. The molecular weight excluding hydrogens is 390 g/mol. The van der Waals surface area contributed by atoms with Crippen LogP contribution in [-0.4, -0.2) is 55.8 Å². The summed E-state index contributed by atoms with van der Waals surface area (Å²) in [5.74, 6) is -1.10. The van der Waals surface area contributed by atoms with E-state index in [1.54, 1.807) is 36.4 Å². The minimum atomic E-state index is -0.685. The Morgan fingerprint density at radius 2 is 1.80 bits per heavy atom. The van der Waals surface area contributed by atoms with E-state index < -0.39 is 24.3 Å². The van der Waals surface area contributed by atoms with Gasteiger partial charge in [0.1, 0.15) is 11.5 Å². The SMILES string of the molecule is COc1ccc(C(=O)COC(=O)CCN2C(=O)Cc3ccccc3C2=O)c(OC)c1. The minimum absolute atomic E-state index is 0.104. The lowest BCUT2D eigenvalue weighted by Crippen LogP contribution is -2.43. The van der Waals surface area contributed by atoms with Crippen LogP contribution in [0.1, 0.15) is 32.7 Å². The Balaban J connectivity index is 1.55. The van der Waals surface area contributed by atoms with Crippen molar-refractivity contribution < 1.29 is 33.4 Å². The maximum atomic E-state index is 12.5. The molecule has 0 radical (unpaired) electrons. The van der Waals surface area contributed by atoms with Gasteiger partial charge in [0.2, 0.25) is 11.7 Å². The van der Waals surface area contributed by atoms with E-state index >= 15 is 0 Å². The summed E-state index contributed by atoms with van der Waals surface area (Å²) in [7, 11) is 2.91. The minimum Gasteiger partial charge on any atom is -0.497 e. The summed E-state index contributed by atoms with van der Waals surface area (Å²) in [5.41, 5.74) is 1.38. The molecule has 8 heteroatoms. The summed E-state index contributed by atoms with van der Waals surface area (Å²) < 4.78 is 15.3. The standard InChI is InChI=1S/C22H21NO7/c1-28-15-7-8-17(19(12-15)29-2)18(24)13-30-21(26)9-10-23-20(25)11-14-5-3-4-6-16(14)22(23)27/h3-8,12H,9-11,13H2,1-2H3. The van der Waals surface area contributed by atoms with Crippen molar-refractivity contribution in [2.24, 2.45) is 0 Å². The van der Waals surface area contributed by atoms with Crippen LogP contribution in [0.3, 0.4) is 0 Å². The van der Waals surface area contributed by atoms with Crippen molar-refractivity contribution >= 4 is 23.6 Å². The molecule has 0 fully saturated rings. The normalized spacial score (nSPS) is 12.9. The Bertz CT molecular complexity index is 999. The number of amides is 2. The average Bonchev–Trinajstić information content (AvgIpc) is 2.76. The van der Waals surface area contributed by atoms with Crippen LogP contribution in [0.15, 0.2) is 42.5 Å². The van der Waals surface area contributed by atoms with Crippen molar-refractivity contribution in [2.75, 3.05) is 27.4 Å². The summed E-state index contributed by atoms with van der Waals surface area (Å²) in [6.45, 7) is -0.586. The number of methoxy groups -OCH3 is 2. The molecule has 0 saturated carbocycles. The third kappa shape index (κ3) is 4.48. The molecule has 2 aromatic rings. The lowest BCUT2D eigenvalue weighted by Gasteiger charge is -2.26. The molecule has 0 bridgehead atoms. The highest BCUT2D eigenvalue weighted by Crippen LogP contribution is 2.25. The molecule has 8 nitrogen and oxygen atoms in total. The monoisotopic (exact) mass is 411 g/mol. The molecule has 0 spiro atoms. The van der Waals surface area contributed by atoms with Crippen LogP contribution in [0.5, 0.6) is 11.5 Å². The number of benzene rings is 2. The zero-order valence-corrected chi connectivity index (χ0v) is 16.7. The van der Waals surface area contributed by atoms with Crippen LogP contribution in [-0.2, 0) is 20.7 Å². The van der Waals surface area contributed by atoms with Gasteiger partial charge in [0.25, 0.3) is 5.91 Å². The lowest BCUT2D eigenvalue weighted by atomic mass is 9.98. The fraction of sp³-hybridized carbons (Fsp3) is 0.273. The molecule has 0 aromatic heterocycles. The van der Waals surface area contributed by atoms with Crippen LogP contribution >= 0.6 is 0 Å². The van der Waals surface area contributed by atoms with Gasteiger partial charge >= 0.3 is 5.97 Å². The maximum absolute atomic E-state index is 12.5. The van der Waals surface area contributed by atoms with Crippen molar-refractivity contribution in [2.45, 2.75) is 12.8 Å². The van der Waals surface area contributed by atoms with Gasteiger partial charge in [-0.2, -0.15) is 0 Å². The zero-order valence-electron chi connectivity index (χ0n) is 16.7. The van der Waals surface area contributed by atoms with E-state index in [1.807, 2.05) is 0 Å². The van der Waals surface area contributed by atoms with Crippen molar-refractivity contribution in [3.05, 3.63) is 59.2 Å². The second kappa shape index (κ2) is 9.21. The Hall–Kier alpha value is -3.68. The van der Waals surface area contributed by atoms with E-state index in [4.69, 9.17) is 14.2 Å². The van der Waals surface area contributed by atoms with Gasteiger partial charge in [-0.3, -0.25) is 24.1 Å². The molecule has 0 saturated heterocycles. The fourth-order valence-electron chi connectivity index (χ4n) is 3.15. The van der Waals surface area contributed by atoms with Gasteiger partial charge in [-0.25, -0.2) is 0 Å². The smallest absolute Gasteiger partial charge is 0.308 e. The van der Waals surface area contributed by atoms with Crippen LogP contribution in [0.25, 0.3) is 0 Å². The van der Waals surface area contributed by atoms with E-state index in [0.29, 0.717) is 22.6 Å². The fourth-order valence-corrected chi connectivity index (χ4v) is 3.15. The first kappa shape index (κ1) is 21.0. The number of ether oxygens (including phenoxy) is 3. The second-order valence-electron chi connectivity index (χ2n) is 6.58. The number of hydrogen-bond acceptors (Lipinski definition) is 7. The van der Waals surface area contributed by atoms with Gasteiger partial charge in [0, 0.05) is 18.2 Å². The highest BCUT2D eigenvalue weighted by Gasteiger charge is 2.30. The summed E-state index contributed by atoms with van der Waals surface area (Å²) in [6.07, 6.45) is -0.0978. The number of nitrogens with zero attached hydrogens (tertiary/aromatic N) is 1. The van der Waals surface area contributed by atoms with Crippen LogP contribution in [0.2, 0.25) is 0 Å². The summed E-state index contributed by atoms with van der Waals surface area (Å²) in [4.78, 5) is 50.2. The Kier molecular flexibility index (Phi) is 6.46. The second-order valence-corrected chi connectivity index (χ2v) is 6.58. The number of ketones is 1. The molecule has 30 heavy (non-hydrogen) atoms. The first-order valence-electron chi connectivity index (χ1n) is 9.28. The van der Waals surface area contributed by atoms with Crippen LogP contribution in [0, 0.1) is 0 Å². The summed E-state index contributed by atoms with van der Waals surface area (Å²) in [6, 6.07) is 11.5. The topological polar surface area (TPSA) is 99.2 Å². The molecule has 0 atom stereocenters. The van der Waals surface area contributed by atoms with Gasteiger partial charge in [-0.1, -0.05) is 18.2 Å². The predicted octanol–water partition coefficient (Wildman–Crippen LogP) is 2.04. The van der Waals surface area contributed by atoms with Crippen LogP contribution in [0.4, 0.5) is 0 Å².